The summed E-state index contributed by atoms with van der Waals surface area (Å²) >= 11 is 1.46. The molecule has 0 atom stereocenters. The van der Waals surface area contributed by atoms with Gasteiger partial charge in [-0.3, -0.25) is 4.79 Å². The maximum Gasteiger partial charge on any atom is 0.190 e. The van der Waals surface area contributed by atoms with E-state index in [1.807, 2.05) is 46.1 Å². The number of hydrogen-bond acceptors (Lipinski definition) is 3. The Labute approximate surface area is 101 Å². The van der Waals surface area contributed by atoms with Crippen LogP contribution in [-0.4, -0.2) is 11.4 Å². The molecule has 0 aliphatic heterocycles. The van der Waals surface area contributed by atoms with Gasteiger partial charge in [-0.1, -0.05) is 5.57 Å². The fourth-order valence-electron chi connectivity index (χ4n) is 1.18. The third-order valence-electron chi connectivity index (χ3n) is 1.71. The second-order valence-corrected chi connectivity index (χ2v) is 5.80. The summed E-state index contributed by atoms with van der Waals surface area (Å²) in [6.07, 6.45) is 1.64. The van der Waals surface area contributed by atoms with Crippen LogP contribution < -0.4 is 4.74 Å². The SMILES string of the molecule is CC(C)=CC(=O)c1ccsc1OC(C)(C)C. The molecule has 16 heavy (non-hydrogen) atoms. The zero-order valence-electron chi connectivity index (χ0n) is 10.5. The topological polar surface area (TPSA) is 26.3 Å². The Morgan fingerprint density at radius 3 is 2.50 bits per heavy atom. The summed E-state index contributed by atoms with van der Waals surface area (Å²) in [5, 5.41) is 2.59. The molecule has 0 aliphatic carbocycles. The third-order valence-corrected chi connectivity index (χ3v) is 2.50. The van der Waals surface area contributed by atoms with Gasteiger partial charge in [-0.05, 0) is 52.1 Å². The van der Waals surface area contributed by atoms with Gasteiger partial charge in [0.15, 0.2) is 10.8 Å². The van der Waals surface area contributed by atoms with Gasteiger partial charge in [-0.2, -0.15) is 0 Å². The molecule has 0 N–H and O–H groups in total. The van der Waals surface area contributed by atoms with Crippen molar-refractivity contribution in [3.8, 4) is 5.06 Å². The monoisotopic (exact) mass is 238 g/mol. The summed E-state index contributed by atoms with van der Waals surface area (Å²) in [7, 11) is 0. The van der Waals surface area contributed by atoms with Crippen molar-refractivity contribution >= 4 is 17.1 Å². The van der Waals surface area contributed by atoms with Crippen LogP contribution in [0.4, 0.5) is 0 Å². The predicted molar refractivity (Wildman–Crippen MR) is 68.5 cm³/mol. The minimum atomic E-state index is -0.273. The van der Waals surface area contributed by atoms with Gasteiger partial charge in [0, 0.05) is 0 Å². The number of rotatable bonds is 3. The Bertz CT molecular complexity index is 404. The third kappa shape index (κ3) is 3.81. The lowest BCUT2D eigenvalue weighted by Gasteiger charge is -2.20. The van der Waals surface area contributed by atoms with Gasteiger partial charge in [0.25, 0.3) is 0 Å². The molecule has 1 heterocycles. The van der Waals surface area contributed by atoms with Crippen molar-refractivity contribution in [1.29, 1.82) is 0 Å². The predicted octanol–water partition coefficient (Wildman–Crippen LogP) is 4.07. The largest absolute Gasteiger partial charge is 0.478 e. The van der Waals surface area contributed by atoms with Crippen LogP contribution in [0.25, 0.3) is 0 Å². The molecule has 0 saturated carbocycles. The van der Waals surface area contributed by atoms with Crippen molar-refractivity contribution in [3.05, 3.63) is 28.7 Å². The van der Waals surface area contributed by atoms with Crippen molar-refractivity contribution in [1.82, 2.24) is 0 Å². The highest BCUT2D eigenvalue weighted by atomic mass is 32.1. The molecule has 0 fully saturated rings. The Morgan fingerprint density at radius 1 is 1.38 bits per heavy atom. The molecule has 1 aromatic heterocycles. The lowest BCUT2D eigenvalue weighted by Crippen LogP contribution is -2.23. The zero-order chi connectivity index (χ0) is 12.3. The molecule has 0 unspecified atom stereocenters. The standard InChI is InChI=1S/C13H18O2S/c1-9(2)8-11(14)10-6-7-16-12(10)15-13(3,4)5/h6-8H,1-5H3. The zero-order valence-corrected chi connectivity index (χ0v) is 11.3. The number of hydrogen-bond donors (Lipinski definition) is 0. The highest BCUT2D eigenvalue weighted by Gasteiger charge is 2.18. The minimum Gasteiger partial charge on any atom is -0.478 e. The summed E-state index contributed by atoms with van der Waals surface area (Å²) in [4.78, 5) is 11.9. The van der Waals surface area contributed by atoms with Crippen molar-refractivity contribution in [2.24, 2.45) is 0 Å². The normalized spacial score (nSPS) is 11.1. The Kier molecular flexibility index (Phi) is 3.92. The van der Waals surface area contributed by atoms with Crippen molar-refractivity contribution in [2.75, 3.05) is 0 Å². The smallest absolute Gasteiger partial charge is 0.190 e. The lowest BCUT2D eigenvalue weighted by molar-refractivity contribution is 0.102. The lowest BCUT2D eigenvalue weighted by atomic mass is 10.1. The molecule has 0 bridgehead atoms. The molecule has 0 aromatic carbocycles. The van der Waals surface area contributed by atoms with E-state index in [4.69, 9.17) is 4.74 Å². The first kappa shape index (κ1) is 13.0. The van der Waals surface area contributed by atoms with E-state index in [1.54, 1.807) is 6.08 Å². The van der Waals surface area contributed by atoms with Gasteiger partial charge in [0.2, 0.25) is 0 Å². The number of carbonyl (C=O) groups excluding carboxylic acids is 1. The second kappa shape index (κ2) is 4.83. The summed E-state index contributed by atoms with van der Waals surface area (Å²) in [6, 6.07) is 1.81. The average Bonchev–Trinajstić information content (AvgIpc) is 2.47. The van der Waals surface area contributed by atoms with E-state index in [0.29, 0.717) is 10.6 Å². The fourth-order valence-corrected chi connectivity index (χ4v) is 2.10. The van der Waals surface area contributed by atoms with Gasteiger partial charge >= 0.3 is 0 Å². The van der Waals surface area contributed by atoms with Crippen molar-refractivity contribution < 1.29 is 9.53 Å². The van der Waals surface area contributed by atoms with Crippen LogP contribution in [0.1, 0.15) is 45.0 Å². The molecule has 2 nitrogen and oxygen atoms in total. The van der Waals surface area contributed by atoms with E-state index >= 15 is 0 Å². The first-order chi connectivity index (χ1) is 7.29. The summed E-state index contributed by atoms with van der Waals surface area (Å²) < 4.78 is 5.74. The molecular weight excluding hydrogens is 220 g/mol. The number of carbonyl (C=O) groups is 1. The highest BCUT2D eigenvalue weighted by Crippen LogP contribution is 2.30. The summed E-state index contributed by atoms with van der Waals surface area (Å²) in [5.74, 6) is 0.0144. The Morgan fingerprint density at radius 2 is 2.00 bits per heavy atom. The van der Waals surface area contributed by atoms with Gasteiger partial charge in [-0.25, -0.2) is 0 Å². The quantitative estimate of drug-likeness (QED) is 0.586. The van der Waals surface area contributed by atoms with E-state index in [2.05, 4.69) is 0 Å². The van der Waals surface area contributed by atoms with Crippen LogP contribution in [-0.2, 0) is 0 Å². The molecule has 1 aromatic rings. The fraction of sp³-hybridized carbons (Fsp3) is 0.462. The molecule has 1 rings (SSSR count). The maximum atomic E-state index is 11.9. The molecule has 0 spiro atoms. The van der Waals surface area contributed by atoms with Crippen LogP contribution in [0, 0.1) is 0 Å². The first-order valence-electron chi connectivity index (χ1n) is 5.25. The van der Waals surface area contributed by atoms with Crippen molar-refractivity contribution in [2.45, 2.75) is 40.2 Å². The van der Waals surface area contributed by atoms with Gasteiger partial charge < -0.3 is 4.74 Å². The minimum absolute atomic E-state index is 0.0144. The Hall–Kier alpha value is -1.09. The van der Waals surface area contributed by atoms with E-state index in [0.717, 1.165) is 5.57 Å². The van der Waals surface area contributed by atoms with E-state index in [-0.39, 0.29) is 11.4 Å². The molecular formula is C13H18O2S. The average molecular weight is 238 g/mol. The molecule has 88 valence electrons. The molecule has 0 aliphatic rings. The maximum absolute atomic E-state index is 11.9. The highest BCUT2D eigenvalue weighted by molar-refractivity contribution is 7.12. The van der Waals surface area contributed by atoms with E-state index in [9.17, 15) is 4.79 Å². The van der Waals surface area contributed by atoms with Crippen LogP contribution >= 0.6 is 11.3 Å². The molecule has 0 amide bonds. The van der Waals surface area contributed by atoms with Gasteiger partial charge in [0.1, 0.15) is 5.60 Å². The van der Waals surface area contributed by atoms with Crippen LogP contribution in [0.5, 0.6) is 5.06 Å². The van der Waals surface area contributed by atoms with Crippen LogP contribution in [0.3, 0.4) is 0 Å². The molecule has 0 radical (unpaired) electrons. The summed E-state index contributed by atoms with van der Waals surface area (Å²) in [6.45, 7) is 9.74. The first-order valence-corrected chi connectivity index (χ1v) is 6.13. The Balaban J connectivity index is 2.95. The van der Waals surface area contributed by atoms with Crippen molar-refractivity contribution in [3.63, 3.8) is 0 Å². The summed E-state index contributed by atoms with van der Waals surface area (Å²) in [5.41, 5.74) is 1.38. The van der Waals surface area contributed by atoms with Gasteiger partial charge in [0.05, 0.1) is 5.56 Å². The molecule has 0 saturated heterocycles. The van der Waals surface area contributed by atoms with E-state index in [1.165, 1.54) is 11.3 Å². The number of thiophene rings is 1. The second-order valence-electron chi connectivity index (χ2n) is 4.92. The number of ketones is 1. The molecule has 3 heteroatoms. The van der Waals surface area contributed by atoms with Crippen LogP contribution in [0.15, 0.2) is 23.1 Å². The number of allylic oxidation sites excluding steroid dienone is 2. The van der Waals surface area contributed by atoms with Crippen LogP contribution in [0.2, 0.25) is 0 Å². The van der Waals surface area contributed by atoms with E-state index < -0.39 is 0 Å². The van der Waals surface area contributed by atoms with Gasteiger partial charge in [-0.15, -0.1) is 11.3 Å². The number of ether oxygens (including phenoxy) is 1.